The Balaban J connectivity index is 1.71. The Morgan fingerprint density at radius 2 is 1.84 bits per heavy atom. The summed E-state index contributed by atoms with van der Waals surface area (Å²) >= 11 is 1.41. The lowest BCUT2D eigenvalue weighted by Gasteiger charge is -2.34. The fourth-order valence-corrected chi connectivity index (χ4v) is 4.41. The van der Waals surface area contributed by atoms with E-state index in [0.717, 1.165) is 29.9 Å². The first-order valence-corrected chi connectivity index (χ1v) is 9.69. The minimum atomic E-state index is 0.166. The van der Waals surface area contributed by atoms with Crippen LogP contribution < -0.4 is 0 Å². The molecule has 0 saturated carbocycles. The average molecular weight is 359 g/mol. The summed E-state index contributed by atoms with van der Waals surface area (Å²) in [5.74, 6) is 1.67. The van der Waals surface area contributed by atoms with Gasteiger partial charge in [0.25, 0.3) is 0 Å². The SMILES string of the molecule is Cc1cccc(C)c1-n1nnnc1SCC(=O)N1C[C@H](C)C[C@@H](C)C1. The Labute approximate surface area is 153 Å². The fraction of sp³-hybridized carbons (Fsp3) is 0.556. The molecule has 0 N–H and O–H groups in total. The van der Waals surface area contributed by atoms with Gasteiger partial charge in [-0.1, -0.05) is 43.8 Å². The van der Waals surface area contributed by atoms with Crippen molar-refractivity contribution in [3.63, 3.8) is 0 Å². The molecule has 0 bridgehead atoms. The quantitative estimate of drug-likeness (QED) is 0.786. The molecule has 1 amide bonds. The summed E-state index contributed by atoms with van der Waals surface area (Å²) in [5, 5.41) is 12.7. The van der Waals surface area contributed by atoms with Gasteiger partial charge in [0.2, 0.25) is 11.1 Å². The zero-order valence-electron chi connectivity index (χ0n) is 15.3. The number of aromatic nitrogens is 4. The molecule has 1 aromatic heterocycles. The number of likely N-dealkylation sites (tertiary alicyclic amines) is 1. The van der Waals surface area contributed by atoms with Gasteiger partial charge < -0.3 is 4.90 Å². The number of hydrogen-bond donors (Lipinski definition) is 0. The number of tetrazole rings is 1. The Morgan fingerprint density at radius 3 is 2.48 bits per heavy atom. The van der Waals surface area contributed by atoms with Gasteiger partial charge in [0.15, 0.2) is 0 Å². The molecule has 2 aromatic rings. The highest BCUT2D eigenvalue weighted by atomic mass is 32.2. The fourth-order valence-electron chi connectivity index (χ4n) is 3.63. The van der Waals surface area contributed by atoms with E-state index in [0.29, 0.717) is 22.7 Å². The van der Waals surface area contributed by atoms with Gasteiger partial charge in [-0.25, -0.2) is 0 Å². The molecule has 7 heteroatoms. The smallest absolute Gasteiger partial charge is 0.233 e. The van der Waals surface area contributed by atoms with Gasteiger partial charge in [-0.15, -0.1) is 5.10 Å². The van der Waals surface area contributed by atoms with Crippen molar-refractivity contribution >= 4 is 17.7 Å². The summed E-state index contributed by atoms with van der Waals surface area (Å²) in [7, 11) is 0. The van der Waals surface area contributed by atoms with Crippen LogP contribution in [-0.2, 0) is 4.79 Å². The maximum Gasteiger partial charge on any atom is 0.233 e. The predicted octanol–water partition coefficient (Wildman–Crippen LogP) is 2.88. The largest absolute Gasteiger partial charge is 0.341 e. The standard InChI is InChI=1S/C18H25N5OS/c1-12-8-13(2)10-22(9-12)16(24)11-25-18-19-20-21-23(18)17-14(3)6-5-7-15(17)4/h5-7,12-13H,8-11H2,1-4H3/t12-,13-/m1/s1. The second kappa shape index (κ2) is 7.56. The van der Waals surface area contributed by atoms with E-state index in [1.165, 1.54) is 18.2 Å². The van der Waals surface area contributed by atoms with Crippen LogP contribution in [0.1, 0.15) is 31.4 Å². The average Bonchev–Trinajstić information content (AvgIpc) is 2.99. The van der Waals surface area contributed by atoms with E-state index in [1.807, 2.05) is 36.9 Å². The van der Waals surface area contributed by atoms with Crippen LogP contribution in [0, 0.1) is 25.7 Å². The van der Waals surface area contributed by atoms with Crippen LogP contribution in [0.5, 0.6) is 0 Å². The van der Waals surface area contributed by atoms with Crippen molar-refractivity contribution in [2.45, 2.75) is 39.3 Å². The summed E-state index contributed by atoms with van der Waals surface area (Å²) in [4.78, 5) is 14.6. The normalized spacial score (nSPS) is 20.7. The molecule has 0 spiro atoms. The van der Waals surface area contributed by atoms with Gasteiger partial charge in [0.05, 0.1) is 11.4 Å². The lowest BCUT2D eigenvalue weighted by Crippen LogP contribution is -2.43. The van der Waals surface area contributed by atoms with Crippen molar-refractivity contribution in [3.8, 4) is 5.69 Å². The summed E-state index contributed by atoms with van der Waals surface area (Å²) in [6, 6.07) is 6.10. The number of nitrogens with zero attached hydrogens (tertiary/aromatic N) is 5. The molecule has 1 aromatic carbocycles. The van der Waals surface area contributed by atoms with E-state index in [4.69, 9.17) is 0 Å². The van der Waals surface area contributed by atoms with Gasteiger partial charge in [-0.3, -0.25) is 4.79 Å². The number of hydrogen-bond acceptors (Lipinski definition) is 5. The maximum atomic E-state index is 12.6. The van der Waals surface area contributed by atoms with E-state index in [1.54, 1.807) is 4.68 Å². The van der Waals surface area contributed by atoms with Gasteiger partial charge in [-0.05, 0) is 53.7 Å². The van der Waals surface area contributed by atoms with Crippen molar-refractivity contribution in [2.75, 3.05) is 18.8 Å². The molecule has 2 atom stereocenters. The lowest BCUT2D eigenvalue weighted by molar-refractivity contribution is -0.130. The van der Waals surface area contributed by atoms with E-state index in [-0.39, 0.29) is 5.91 Å². The van der Waals surface area contributed by atoms with Crippen LogP contribution in [0.2, 0.25) is 0 Å². The number of thioether (sulfide) groups is 1. The minimum Gasteiger partial charge on any atom is -0.341 e. The molecule has 1 fully saturated rings. The van der Waals surface area contributed by atoms with Gasteiger partial charge >= 0.3 is 0 Å². The van der Waals surface area contributed by atoms with E-state index in [2.05, 4.69) is 29.4 Å². The topological polar surface area (TPSA) is 63.9 Å². The molecule has 1 aliphatic rings. The van der Waals surface area contributed by atoms with Gasteiger partial charge in [0, 0.05) is 13.1 Å². The predicted molar refractivity (Wildman–Crippen MR) is 98.9 cm³/mol. The first-order valence-electron chi connectivity index (χ1n) is 8.71. The highest BCUT2D eigenvalue weighted by Crippen LogP contribution is 2.25. The van der Waals surface area contributed by atoms with Crippen molar-refractivity contribution < 1.29 is 4.79 Å². The molecule has 134 valence electrons. The third-order valence-electron chi connectivity index (χ3n) is 4.64. The molecule has 0 aliphatic carbocycles. The third-order valence-corrected chi connectivity index (χ3v) is 5.54. The summed E-state index contributed by atoms with van der Waals surface area (Å²) in [5.41, 5.74) is 3.21. The zero-order chi connectivity index (χ0) is 18.0. The van der Waals surface area contributed by atoms with Gasteiger partial charge in [0.1, 0.15) is 0 Å². The van der Waals surface area contributed by atoms with Crippen LogP contribution in [0.4, 0.5) is 0 Å². The molecule has 1 saturated heterocycles. The van der Waals surface area contributed by atoms with Crippen molar-refractivity contribution in [2.24, 2.45) is 11.8 Å². The highest BCUT2D eigenvalue weighted by molar-refractivity contribution is 7.99. The van der Waals surface area contributed by atoms with E-state index < -0.39 is 0 Å². The molecule has 6 nitrogen and oxygen atoms in total. The Morgan fingerprint density at radius 1 is 1.20 bits per heavy atom. The molecule has 25 heavy (non-hydrogen) atoms. The molecule has 1 aliphatic heterocycles. The lowest BCUT2D eigenvalue weighted by atomic mass is 9.92. The van der Waals surface area contributed by atoms with Crippen molar-refractivity contribution in [1.29, 1.82) is 0 Å². The van der Waals surface area contributed by atoms with Crippen LogP contribution >= 0.6 is 11.8 Å². The Hall–Kier alpha value is -1.89. The number of carbonyl (C=O) groups excluding carboxylic acids is 1. The monoisotopic (exact) mass is 359 g/mol. The minimum absolute atomic E-state index is 0.166. The number of benzene rings is 1. The first kappa shape index (κ1) is 17.9. The number of amides is 1. The Bertz CT molecular complexity index is 729. The summed E-state index contributed by atoms with van der Waals surface area (Å²) < 4.78 is 1.74. The van der Waals surface area contributed by atoms with E-state index in [9.17, 15) is 4.79 Å². The summed E-state index contributed by atoms with van der Waals surface area (Å²) in [6.07, 6.45) is 1.20. The Kier molecular flexibility index (Phi) is 5.42. The zero-order valence-corrected chi connectivity index (χ0v) is 16.1. The van der Waals surface area contributed by atoms with Gasteiger partial charge in [-0.2, -0.15) is 4.68 Å². The molecular formula is C18H25N5OS. The number of carbonyl (C=O) groups is 1. The number of para-hydroxylation sites is 1. The van der Waals surface area contributed by atoms with Crippen molar-refractivity contribution in [1.82, 2.24) is 25.1 Å². The molecule has 2 heterocycles. The second-order valence-corrected chi connectivity index (χ2v) is 8.09. The van der Waals surface area contributed by atoms with E-state index >= 15 is 0 Å². The van der Waals surface area contributed by atoms with Crippen LogP contribution in [0.15, 0.2) is 23.4 Å². The first-order chi connectivity index (χ1) is 12.0. The van der Waals surface area contributed by atoms with Crippen LogP contribution in [0.25, 0.3) is 5.69 Å². The second-order valence-electron chi connectivity index (χ2n) is 7.15. The highest BCUT2D eigenvalue weighted by Gasteiger charge is 2.26. The van der Waals surface area contributed by atoms with Crippen LogP contribution in [-0.4, -0.2) is 49.9 Å². The molecular weight excluding hydrogens is 334 g/mol. The number of rotatable bonds is 4. The number of aryl methyl sites for hydroxylation is 2. The number of piperidine rings is 1. The molecule has 0 radical (unpaired) electrons. The molecule has 3 rings (SSSR count). The molecule has 0 unspecified atom stereocenters. The maximum absolute atomic E-state index is 12.6. The summed E-state index contributed by atoms with van der Waals surface area (Å²) in [6.45, 7) is 10.2. The third kappa shape index (κ3) is 4.03. The van der Waals surface area contributed by atoms with Crippen molar-refractivity contribution in [3.05, 3.63) is 29.3 Å². The van der Waals surface area contributed by atoms with Crippen LogP contribution in [0.3, 0.4) is 0 Å².